The second-order valence-electron chi connectivity index (χ2n) is 7.02. The first kappa shape index (κ1) is 18.2. The summed E-state index contributed by atoms with van der Waals surface area (Å²) in [5, 5.41) is 0. The van der Waals surface area contributed by atoms with E-state index in [1.54, 1.807) is 11.9 Å². The smallest absolute Gasteiger partial charge is 0.227 e. The van der Waals surface area contributed by atoms with Crippen LogP contribution in [0.4, 0.5) is 0 Å². The van der Waals surface area contributed by atoms with Crippen LogP contribution in [0, 0.1) is 12.8 Å². The van der Waals surface area contributed by atoms with Gasteiger partial charge in [-0.25, -0.2) is 0 Å². The first-order valence-electron chi connectivity index (χ1n) is 9.15. The summed E-state index contributed by atoms with van der Waals surface area (Å²) in [6, 6.07) is 13.9. The summed E-state index contributed by atoms with van der Waals surface area (Å²) >= 11 is 0. The topological polar surface area (TPSA) is 53.8 Å². The number of carbonyl (C=O) groups is 2. The summed E-state index contributed by atoms with van der Waals surface area (Å²) in [5.74, 6) is 1.72. The molecule has 0 radical (unpaired) electrons. The van der Waals surface area contributed by atoms with Gasteiger partial charge in [-0.1, -0.05) is 30.3 Å². The van der Waals surface area contributed by atoms with E-state index in [0.717, 1.165) is 17.9 Å². The number of piperidine rings is 1. The predicted octanol–water partition coefficient (Wildman–Crippen LogP) is 3.03. The van der Waals surface area contributed by atoms with Gasteiger partial charge in [-0.2, -0.15) is 0 Å². The van der Waals surface area contributed by atoms with E-state index in [4.69, 9.17) is 4.42 Å². The molecule has 0 aliphatic carbocycles. The lowest BCUT2D eigenvalue weighted by atomic mass is 9.95. The van der Waals surface area contributed by atoms with Crippen molar-refractivity contribution in [3.8, 4) is 0 Å². The number of furan rings is 1. The number of amides is 2. The lowest BCUT2D eigenvalue weighted by molar-refractivity contribution is -0.142. The molecule has 1 unspecified atom stereocenters. The number of rotatable bonds is 6. The summed E-state index contributed by atoms with van der Waals surface area (Å²) in [4.78, 5) is 28.6. The zero-order valence-corrected chi connectivity index (χ0v) is 15.5. The Morgan fingerprint density at radius 1 is 1.23 bits per heavy atom. The van der Waals surface area contributed by atoms with Crippen LogP contribution < -0.4 is 0 Å². The van der Waals surface area contributed by atoms with Crippen molar-refractivity contribution < 1.29 is 14.0 Å². The van der Waals surface area contributed by atoms with Gasteiger partial charge in [0.1, 0.15) is 11.5 Å². The van der Waals surface area contributed by atoms with Crippen molar-refractivity contribution in [3.05, 3.63) is 59.5 Å². The number of likely N-dealkylation sites (tertiary alicyclic amines) is 1. The second-order valence-corrected chi connectivity index (χ2v) is 7.02. The summed E-state index contributed by atoms with van der Waals surface area (Å²) in [6.07, 6.45) is 1.88. The third-order valence-electron chi connectivity index (χ3n) is 4.93. The molecule has 5 nitrogen and oxygen atoms in total. The van der Waals surface area contributed by atoms with E-state index in [-0.39, 0.29) is 17.7 Å². The number of aryl methyl sites for hydroxylation is 1. The van der Waals surface area contributed by atoms with Gasteiger partial charge in [-0.15, -0.1) is 0 Å². The molecule has 2 amide bonds. The van der Waals surface area contributed by atoms with Crippen molar-refractivity contribution in [1.29, 1.82) is 0 Å². The van der Waals surface area contributed by atoms with E-state index in [9.17, 15) is 9.59 Å². The number of hydrogen-bond acceptors (Lipinski definition) is 3. The minimum absolute atomic E-state index is 0.0799. The number of benzene rings is 1. The predicted molar refractivity (Wildman–Crippen MR) is 99.4 cm³/mol. The second kappa shape index (κ2) is 8.21. The van der Waals surface area contributed by atoms with Crippen molar-refractivity contribution in [2.24, 2.45) is 5.92 Å². The maximum atomic E-state index is 12.8. The Morgan fingerprint density at radius 3 is 2.69 bits per heavy atom. The van der Waals surface area contributed by atoms with Crippen LogP contribution >= 0.6 is 0 Å². The van der Waals surface area contributed by atoms with Gasteiger partial charge >= 0.3 is 0 Å². The van der Waals surface area contributed by atoms with Gasteiger partial charge < -0.3 is 14.2 Å². The summed E-state index contributed by atoms with van der Waals surface area (Å²) in [5.41, 5.74) is 1.21. The fraction of sp³-hybridized carbons (Fsp3) is 0.429. The number of nitrogens with zero attached hydrogens (tertiary/aromatic N) is 2. The normalized spacial score (nSPS) is 17.4. The molecule has 2 aromatic rings. The van der Waals surface area contributed by atoms with Crippen molar-refractivity contribution in [1.82, 2.24) is 9.80 Å². The molecule has 26 heavy (non-hydrogen) atoms. The average Bonchev–Trinajstić information content (AvgIpc) is 3.06. The highest BCUT2D eigenvalue weighted by Crippen LogP contribution is 2.21. The molecule has 0 N–H and O–H groups in total. The van der Waals surface area contributed by atoms with Crippen LogP contribution in [-0.2, 0) is 22.6 Å². The largest absolute Gasteiger partial charge is 0.464 e. The zero-order chi connectivity index (χ0) is 18.5. The molecule has 3 rings (SSSR count). The molecular weight excluding hydrogens is 328 g/mol. The van der Waals surface area contributed by atoms with Crippen LogP contribution in [0.5, 0.6) is 0 Å². The Labute approximate surface area is 154 Å². The zero-order valence-electron chi connectivity index (χ0n) is 15.5. The molecule has 0 saturated carbocycles. The van der Waals surface area contributed by atoms with Gasteiger partial charge in [0.25, 0.3) is 0 Å². The Bertz CT molecular complexity index is 754. The van der Waals surface area contributed by atoms with Crippen molar-refractivity contribution >= 4 is 11.8 Å². The molecule has 0 spiro atoms. The highest BCUT2D eigenvalue weighted by atomic mass is 16.3. The van der Waals surface area contributed by atoms with Crippen LogP contribution in [0.1, 0.15) is 29.9 Å². The third kappa shape index (κ3) is 4.54. The molecule has 1 aliphatic rings. The Morgan fingerprint density at radius 2 is 2.00 bits per heavy atom. The van der Waals surface area contributed by atoms with Crippen LogP contribution in [0.15, 0.2) is 46.9 Å². The highest BCUT2D eigenvalue weighted by molar-refractivity contribution is 5.83. The molecule has 1 aromatic carbocycles. The van der Waals surface area contributed by atoms with Crippen LogP contribution in [-0.4, -0.2) is 41.8 Å². The molecule has 1 fully saturated rings. The van der Waals surface area contributed by atoms with E-state index in [0.29, 0.717) is 32.5 Å². The lowest BCUT2D eigenvalue weighted by Crippen LogP contribution is -2.46. The van der Waals surface area contributed by atoms with Gasteiger partial charge in [0, 0.05) is 26.6 Å². The fourth-order valence-corrected chi connectivity index (χ4v) is 3.43. The number of hydrogen-bond donors (Lipinski definition) is 0. The maximum absolute atomic E-state index is 12.8. The Balaban J connectivity index is 1.56. The highest BCUT2D eigenvalue weighted by Gasteiger charge is 2.31. The number of carbonyl (C=O) groups excluding carboxylic acids is 2. The van der Waals surface area contributed by atoms with Crippen LogP contribution in [0.2, 0.25) is 0 Å². The van der Waals surface area contributed by atoms with Gasteiger partial charge in [-0.05, 0) is 37.5 Å². The Hall–Kier alpha value is -2.56. The molecule has 1 aliphatic heterocycles. The molecule has 5 heteroatoms. The average molecular weight is 354 g/mol. The van der Waals surface area contributed by atoms with E-state index in [1.165, 1.54) is 5.56 Å². The SMILES string of the molecule is Cc1ccc(CN(C)C(=O)C2CCC(=O)N(CCc3ccccc3)C2)o1. The van der Waals surface area contributed by atoms with E-state index in [1.807, 2.05) is 42.2 Å². The van der Waals surface area contributed by atoms with Crippen LogP contribution in [0.25, 0.3) is 0 Å². The van der Waals surface area contributed by atoms with Crippen molar-refractivity contribution in [2.45, 2.75) is 32.7 Å². The van der Waals surface area contributed by atoms with Gasteiger partial charge in [-0.3, -0.25) is 9.59 Å². The standard InChI is InChI=1S/C21H26N2O3/c1-16-8-10-19(26-16)15-22(2)21(25)18-9-11-20(24)23(14-18)13-12-17-6-4-3-5-7-17/h3-8,10,18H,9,11-15H2,1-2H3. The molecular formula is C21H26N2O3. The van der Waals surface area contributed by atoms with Gasteiger partial charge in [0.2, 0.25) is 11.8 Å². The monoisotopic (exact) mass is 354 g/mol. The maximum Gasteiger partial charge on any atom is 0.227 e. The van der Waals surface area contributed by atoms with Gasteiger partial charge in [0.15, 0.2) is 0 Å². The molecule has 2 heterocycles. The van der Waals surface area contributed by atoms with Crippen LogP contribution in [0.3, 0.4) is 0 Å². The molecule has 1 atom stereocenters. The fourth-order valence-electron chi connectivity index (χ4n) is 3.43. The summed E-state index contributed by atoms with van der Waals surface area (Å²) in [6.45, 7) is 3.52. The lowest BCUT2D eigenvalue weighted by Gasteiger charge is -2.33. The Kier molecular flexibility index (Phi) is 5.76. The molecule has 1 saturated heterocycles. The van der Waals surface area contributed by atoms with E-state index in [2.05, 4.69) is 12.1 Å². The first-order valence-corrected chi connectivity index (χ1v) is 9.15. The van der Waals surface area contributed by atoms with E-state index < -0.39 is 0 Å². The van der Waals surface area contributed by atoms with Crippen molar-refractivity contribution in [3.63, 3.8) is 0 Å². The minimum Gasteiger partial charge on any atom is -0.464 e. The molecule has 1 aromatic heterocycles. The first-order chi connectivity index (χ1) is 12.5. The third-order valence-corrected chi connectivity index (χ3v) is 4.93. The summed E-state index contributed by atoms with van der Waals surface area (Å²) < 4.78 is 5.56. The quantitative estimate of drug-likeness (QED) is 0.801. The van der Waals surface area contributed by atoms with Crippen molar-refractivity contribution in [2.75, 3.05) is 20.1 Å². The van der Waals surface area contributed by atoms with E-state index >= 15 is 0 Å². The van der Waals surface area contributed by atoms with Gasteiger partial charge in [0.05, 0.1) is 12.5 Å². The summed E-state index contributed by atoms with van der Waals surface area (Å²) in [7, 11) is 1.80. The minimum atomic E-state index is -0.135. The molecule has 138 valence electrons. The molecule has 0 bridgehead atoms.